The molecule has 162 valence electrons. The summed E-state index contributed by atoms with van der Waals surface area (Å²) in [5, 5.41) is 4.10. The fourth-order valence-corrected chi connectivity index (χ4v) is 3.74. The SMILES string of the molecule is COc1cccc(C(=O)N2CCN(CCCc3nc(-c4ccc(C)cc4)no3)CC2)c1. The summed E-state index contributed by atoms with van der Waals surface area (Å²) in [6.07, 6.45) is 1.70. The first-order chi connectivity index (χ1) is 15.1. The van der Waals surface area contributed by atoms with Crippen LogP contribution in [0.1, 0.15) is 28.2 Å². The van der Waals surface area contributed by atoms with E-state index in [2.05, 4.69) is 22.0 Å². The van der Waals surface area contributed by atoms with Gasteiger partial charge in [-0.05, 0) is 38.1 Å². The molecule has 7 heteroatoms. The third kappa shape index (κ3) is 5.30. The molecule has 1 amide bonds. The Bertz CT molecular complexity index is 1010. The molecule has 0 bridgehead atoms. The highest BCUT2D eigenvalue weighted by molar-refractivity contribution is 5.94. The van der Waals surface area contributed by atoms with Gasteiger partial charge >= 0.3 is 0 Å². The van der Waals surface area contributed by atoms with E-state index in [1.165, 1.54) is 5.56 Å². The van der Waals surface area contributed by atoms with Crippen LogP contribution in [0, 0.1) is 6.92 Å². The van der Waals surface area contributed by atoms with Crippen molar-refractivity contribution in [3.8, 4) is 17.1 Å². The zero-order valence-corrected chi connectivity index (χ0v) is 18.1. The molecule has 3 aromatic rings. The predicted molar refractivity (Wildman–Crippen MR) is 118 cm³/mol. The van der Waals surface area contributed by atoms with Crippen molar-refractivity contribution in [1.29, 1.82) is 0 Å². The smallest absolute Gasteiger partial charge is 0.254 e. The van der Waals surface area contributed by atoms with Crippen LogP contribution in [0.4, 0.5) is 0 Å². The zero-order chi connectivity index (χ0) is 21.6. The maximum atomic E-state index is 12.7. The Morgan fingerprint density at radius 1 is 1.10 bits per heavy atom. The van der Waals surface area contributed by atoms with Crippen molar-refractivity contribution < 1.29 is 14.1 Å². The zero-order valence-electron chi connectivity index (χ0n) is 18.1. The summed E-state index contributed by atoms with van der Waals surface area (Å²) in [5.41, 5.74) is 2.85. The number of aromatic nitrogens is 2. The number of carbonyl (C=O) groups is 1. The molecular weight excluding hydrogens is 392 g/mol. The molecule has 2 heterocycles. The van der Waals surface area contributed by atoms with Gasteiger partial charge in [-0.2, -0.15) is 4.98 Å². The Morgan fingerprint density at radius 3 is 2.61 bits per heavy atom. The number of ether oxygens (including phenoxy) is 1. The third-order valence-electron chi connectivity index (χ3n) is 5.62. The fraction of sp³-hybridized carbons (Fsp3) is 0.375. The van der Waals surface area contributed by atoms with Crippen LogP contribution in [-0.4, -0.2) is 65.7 Å². The maximum absolute atomic E-state index is 12.7. The summed E-state index contributed by atoms with van der Waals surface area (Å²) in [4.78, 5) is 21.5. The Balaban J connectivity index is 1.22. The standard InChI is InChI=1S/C24H28N4O3/c1-18-8-10-19(11-9-18)23-25-22(31-26-23)7-4-12-27-13-15-28(16-14-27)24(29)20-5-3-6-21(17-20)30-2/h3,5-6,8-11,17H,4,7,12-16H2,1-2H3. The van der Waals surface area contributed by atoms with E-state index in [1.807, 2.05) is 47.4 Å². The lowest BCUT2D eigenvalue weighted by Gasteiger charge is -2.34. The van der Waals surface area contributed by atoms with E-state index in [1.54, 1.807) is 13.2 Å². The van der Waals surface area contributed by atoms with E-state index >= 15 is 0 Å². The molecule has 0 radical (unpaired) electrons. The second kappa shape index (κ2) is 9.75. The van der Waals surface area contributed by atoms with Crippen LogP contribution in [0.5, 0.6) is 5.75 Å². The van der Waals surface area contributed by atoms with Gasteiger partial charge in [0.15, 0.2) is 0 Å². The second-order valence-corrected chi connectivity index (χ2v) is 7.85. The van der Waals surface area contributed by atoms with E-state index < -0.39 is 0 Å². The van der Waals surface area contributed by atoms with Gasteiger partial charge in [-0.3, -0.25) is 9.69 Å². The Labute approximate surface area is 182 Å². The largest absolute Gasteiger partial charge is 0.497 e. The summed E-state index contributed by atoms with van der Waals surface area (Å²) in [7, 11) is 1.61. The lowest BCUT2D eigenvalue weighted by molar-refractivity contribution is 0.0635. The minimum Gasteiger partial charge on any atom is -0.497 e. The first-order valence-corrected chi connectivity index (χ1v) is 10.7. The first kappa shape index (κ1) is 21.1. The minimum absolute atomic E-state index is 0.0630. The number of hydrogen-bond donors (Lipinski definition) is 0. The maximum Gasteiger partial charge on any atom is 0.254 e. The van der Waals surface area contributed by atoms with Crippen LogP contribution < -0.4 is 4.74 Å². The fourth-order valence-electron chi connectivity index (χ4n) is 3.74. The number of carbonyl (C=O) groups excluding carboxylic acids is 1. The van der Waals surface area contributed by atoms with Gasteiger partial charge in [-0.1, -0.05) is 41.1 Å². The molecule has 0 N–H and O–H groups in total. The molecular formula is C24H28N4O3. The van der Waals surface area contributed by atoms with Gasteiger partial charge in [0, 0.05) is 43.7 Å². The van der Waals surface area contributed by atoms with Gasteiger partial charge in [0.1, 0.15) is 5.75 Å². The third-order valence-corrected chi connectivity index (χ3v) is 5.62. The molecule has 1 aromatic heterocycles. The van der Waals surface area contributed by atoms with E-state index in [0.717, 1.165) is 51.1 Å². The van der Waals surface area contributed by atoms with E-state index in [-0.39, 0.29) is 5.91 Å². The lowest BCUT2D eigenvalue weighted by Crippen LogP contribution is -2.48. The summed E-state index contributed by atoms with van der Waals surface area (Å²) in [6.45, 7) is 6.20. The summed E-state index contributed by atoms with van der Waals surface area (Å²) in [5.74, 6) is 2.08. The van der Waals surface area contributed by atoms with Gasteiger partial charge in [-0.15, -0.1) is 0 Å². The molecule has 31 heavy (non-hydrogen) atoms. The minimum atomic E-state index is 0.0630. The number of benzene rings is 2. The quantitative estimate of drug-likeness (QED) is 0.583. The highest BCUT2D eigenvalue weighted by atomic mass is 16.5. The number of hydrogen-bond acceptors (Lipinski definition) is 6. The highest BCUT2D eigenvalue weighted by Gasteiger charge is 2.22. The summed E-state index contributed by atoms with van der Waals surface area (Å²) in [6, 6.07) is 15.4. The van der Waals surface area contributed by atoms with Gasteiger partial charge < -0.3 is 14.2 Å². The lowest BCUT2D eigenvalue weighted by atomic mass is 10.1. The average molecular weight is 421 g/mol. The van der Waals surface area contributed by atoms with Gasteiger partial charge in [0.05, 0.1) is 7.11 Å². The average Bonchev–Trinajstić information content (AvgIpc) is 3.28. The molecule has 0 aliphatic carbocycles. The molecule has 1 saturated heterocycles. The molecule has 0 atom stereocenters. The number of rotatable bonds is 7. The molecule has 0 spiro atoms. The molecule has 4 rings (SSSR count). The number of methoxy groups -OCH3 is 1. The van der Waals surface area contributed by atoms with Crippen LogP contribution in [0.25, 0.3) is 11.4 Å². The molecule has 1 aliphatic heterocycles. The number of aryl methyl sites for hydroxylation is 2. The van der Waals surface area contributed by atoms with Gasteiger partial charge in [-0.25, -0.2) is 0 Å². The molecule has 1 aliphatic rings. The highest BCUT2D eigenvalue weighted by Crippen LogP contribution is 2.18. The van der Waals surface area contributed by atoms with Crippen LogP contribution in [0.3, 0.4) is 0 Å². The molecule has 2 aromatic carbocycles. The summed E-state index contributed by atoms with van der Waals surface area (Å²) >= 11 is 0. The van der Waals surface area contributed by atoms with E-state index in [4.69, 9.17) is 9.26 Å². The van der Waals surface area contributed by atoms with Crippen molar-refractivity contribution in [3.05, 3.63) is 65.5 Å². The number of nitrogens with zero attached hydrogens (tertiary/aromatic N) is 4. The van der Waals surface area contributed by atoms with Crippen molar-refractivity contribution >= 4 is 5.91 Å². The summed E-state index contributed by atoms with van der Waals surface area (Å²) < 4.78 is 10.6. The van der Waals surface area contributed by atoms with Crippen molar-refractivity contribution in [1.82, 2.24) is 19.9 Å². The van der Waals surface area contributed by atoms with Crippen LogP contribution in [-0.2, 0) is 6.42 Å². The topological polar surface area (TPSA) is 71.7 Å². The van der Waals surface area contributed by atoms with Crippen molar-refractivity contribution in [3.63, 3.8) is 0 Å². The van der Waals surface area contributed by atoms with E-state index in [0.29, 0.717) is 23.0 Å². The van der Waals surface area contributed by atoms with E-state index in [9.17, 15) is 4.79 Å². The second-order valence-electron chi connectivity index (χ2n) is 7.85. The van der Waals surface area contributed by atoms with Gasteiger partial charge in [0.25, 0.3) is 5.91 Å². The normalized spacial score (nSPS) is 14.6. The molecule has 7 nitrogen and oxygen atoms in total. The van der Waals surface area contributed by atoms with Crippen molar-refractivity contribution in [2.24, 2.45) is 0 Å². The monoisotopic (exact) mass is 420 g/mol. The number of piperazine rings is 1. The number of amides is 1. The van der Waals surface area contributed by atoms with Crippen molar-refractivity contribution in [2.45, 2.75) is 19.8 Å². The van der Waals surface area contributed by atoms with Gasteiger partial charge in [0.2, 0.25) is 11.7 Å². The van der Waals surface area contributed by atoms with Crippen LogP contribution in [0.15, 0.2) is 53.1 Å². The Hall–Kier alpha value is -3.19. The molecule has 0 saturated carbocycles. The Kier molecular flexibility index (Phi) is 6.62. The predicted octanol–water partition coefficient (Wildman–Crippen LogP) is 3.44. The van der Waals surface area contributed by atoms with Crippen molar-refractivity contribution in [2.75, 3.05) is 39.8 Å². The molecule has 1 fully saturated rings. The first-order valence-electron chi connectivity index (χ1n) is 10.7. The Morgan fingerprint density at radius 2 is 1.87 bits per heavy atom. The molecule has 0 unspecified atom stereocenters. The van der Waals surface area contributed by atoms with Crippen LogP contribution >= 0.6 is 0 Å². The van der Waals surface area contributed by atoms with Crippen LogP contribution in [0.2, 0.25) is 0 Å².